The molecule has 0 saturated heterocycles. The molecule has 0 saturated carbocycles. The Bertz CT molecular complexity index is 1500. The highest BCUT2D eigenvalue weighted by Crippen LogP contribution is 2.45. The number of rotatable bonds is 3. The zero-order chi connectivity index (χ0) is 23.2. The van der Waals surface area contributed by atoms with Gasteiger partial charge >= 0.3 is 0 Å². The second kappa shape index (κ2) is 8.15. The van der Waals surface area contributed by atoms with Crippen molar-refractivity contribution in [2.75, 3.05) is 0 Å². The maximum absolute atomic E-state index is 2.41. The van der Waals surface area contributed by atoms with Gasteiger partial charge in [-0.25, -0.2) is 0 Å². The van der Waals surface area contributed by atoms with Gasteiger partial charge in [-0.05, 0) is 101 Å². The highest BCUT2D eigenvalue weighted by Gasteiger charge is 2.24. The fourth-order valence-corrected chi connectivity index (χ4v) is 5.10. The molecule has 164 valence electrons. The van der Waals surface area contributed by atoms with Crippen molar-refractivity contribution in [2.24, 2.45) is 0 Å². The van der Waals surface area contributed by atoms with Crippen LogP contribution in [0.4, 0.5) is 0 Å². The van der Waals surface area contributed by atoms with Crippen LogP contribution in [0.2, 0.25) is 0 Å². The molecule has 0 atom stereocenters. The smallest absolute Gasteiger partial charge is 0.000727 e. The second-order valence-electron chi connectivity index (χ2n) is 9.70. The molecule has 0 N–H and O–H groups in total. The quantitative estimate of drug-likeness (QED) is 0.259. The van der Waals surface area contributed by atoms with Crippen molar-refractivity contribution < 1.29 is 0 Å². The third-order valence-electron chi connectivity index (χ3n) is 7.15. The summed E-state index contributed by atoms with van der Waals surface area (Å²) in [5, 5.41) is 0. The summed E-state index contributed by atoms with van der Waals surface area (Å²) in [6.45, 7) is 6.44. The Morgan fingerprint density at radius 1 is 0.382 bits per heavy atom. The molecule has 0 radical (unpaired) electrons. The van der Waals surface area contributed by atoms with Gasteiger partial charge in [-0.15, -0.1) is 0 Å². The summed E-state index contributed by atoms with van der Waals surface area (Å²) in [6.07, 6.45) is 0.982. The van der Waals surface area contributed by atoms with Crippen molar-refractivity contribution in [3.8, 4) is 44.5 Å². The zero-order valence-electron chi connectivity index (χ0n) is 20.0. The van der Waals surface area contributed by atoms with Crippen molar-refractivity contribution in [2.45, 2.75) is 27.2 Å². The van der Waals surface area contributed by atoms with Gasteiger partial charge in [0.25, 0.3) is 0 Å². The molecule has 0 fully saturated rings. The van der Waals surface area contributed by atoms with E-state index in [0.29, 0.717) is 0 Å². The van der Waals surface area contributed by atoms with E-state index in [2.05, 4.69) is 124 Å². The van der Waals surface area contributed by atoms with Gasteiger partial charge in [0.15, 0.2) is 0 Å². The van der Waals surface area contributed by atoms with Gasteiger partial charge in [0.2, 0.25) is 0 Å². The lowest BCUT2D eigenvalue weighted by Gasteiger charge is -2.14. The van der Waals surface area contributed by atoms with E-state index in [9.17, 15) is 0 Å². The van der Waals surface area contributed by atoms with Crippen LogP contribution in [0, 0.1) is 20.8 Å². The van der Waals surface area contributed by atoms with Crippen molar-refractivity contribution in [1.29, 1.82) is 0 Å². The average molecular weight is 437 g/mol. The lowest BCUT2D eigenvalue weighted by Crippen LogP contribution is -1.91. The Morgan fingerprint density at radius 3 is 1.41 bits per heavy atom. The van der Waals surface area contributed by atoms with Crippen LogP contribution in [-0.2, 0) is 6.42 Å². The summed E-state index contributed by atoms with van der Waals surface area (Å²) in [7, 11) is 0. The predicted molar refractivity (Wildman–Crippen MR) is 145 cm³/mol. The SMILES string of the molecule is Cc1ccc(-c2ccc3c(c2)-c2cc(-c4ccc(C)cc4)cc(-c4ccc(C)cc4)c2C3)cc1. The Kier molecular flexibility index (Phi) is 4.96. The minimum absolute atomic E-state index is 0.982. The minimum atomic E-state index is 0.982. The van der Waals surface area contributed by atoms with E-state index in [4.69, 9.17) is 0 Å². The zero-order valence-corrected chi connectivity index (χ0v) is 20.0. The number of fused-ring (bicyclic) bond motifs is 3. The lowest BCUT2D eigenvalue weighted by atomic mass is 9.90. The minimum Gasteiger partial charge on any atom is -0.0587 e. The van der Waals surface area contributed by atoms with Crippen LogP contribution in [0.25, 0.3) is 44.5 Å². The molecule has 0 nitrogen and oxygen atoms in total. The standard InChI is InChI=1S/C34H28/c1-22-4-10-25(11-5-22)28-16-17-29-19-33-31(27-14-8-24(3)9-15-27)20-30(21-34(33)32(29)18-28)26-12-6-23(2)7-13-26/h4-18,20-21H,19H2,1-3H3. The highest BCUT2D eigenvalue weighted by atomic mass is 14.3. The van der Waals surface area contributed by atoms with Gasteiger partial charge in [0, 0.05) is 0 Å². The molecule has 0 amide bonds. The Hall–Kier alpha value is -3.90. The van der Waals surface area contributed by atoms with E-state index in [1.165, 1.54) is 72.3 Å². The van der Waals surface area contributed by atoms with Gasteiger partial charge in [0.05, 0.1) is 0 Å². The summed E-state index contributed by atoms with van der Waals surface area (Å²) in [6, 6.07) is 38.5. The molecule has 34 heavy (non-hydrogen) atoms. The summed E-state index contributed by atoms with van der Waals surface area (Å²) in [4.78, 5) is 0. The first kappa shape index (κ1) is 20.7. The Morgan fingerprint density at radius 2 is 0.824 bits per heavy atom. The van der Waals surface area contributed by atoms with E-state index in [-0.39, 0.29) is 0 Å². The number of benzene rings is 5. The highest BCUT2D eigenvalue weighted by molar-refractivity contribution is 5.91. The fourth-order valence-electron chi connectivity index (χ4n) is 5.10. The Labute approximate surface area is 202 Å². The van der Waals surface area contributed by atoms with Gasteiger partial charge in [0.1, 0.15) is 0 Å². The molecule has 0 bridgehead atoms. The summed E-state index contributed by atoms with van der Waals surface area (Å²) < 4.78 is 0. The first-order valence-corrected chi connectivity index (χ1v) is 12.1. The van der Waals surface area contributed by atoms with Crippen LogP contribution >= 0.6 is 0 Å². The first-order chi connectivity index (χ1) is 16.5. The fraction of sp³-hybridized carbons (Fsp3) is 0.118. The van der Waals surface area contributed by atoms with Crippen LogP contribution < -0.4 is 0 Å². The summed E-state index contributed by atoms with van der Waals surface area (Å²) >= 11 is 0. The topological polar surface area (TPSA) is 0 Å². The second-order valence-corrected chi connectivity index (χ2v) is 9.70. The molecule has 1 aliphatic carbocycles. The van der Waals surface area contributed by atoms with Gasteiger partial charge in [-0.1, -0.05) is 102 Å². The molecule has 0 unspecified atom stereocenters. The van der Waals surface area contributed by atoms with Crippen LogP contribution in [-0.4, -0.2) is 0 Å². The van der Waals surface area contributed by atoms with Gasteiger partial charge in [-0.2, -0.15) is 0 Å². The Balaban J connectivity index is 1.55. The predicted octanol–water partition coefficient (Wildman–Crippen LogP) is 9.18. The molecule has 6 rings (SSSR count). The number of hydrogen-bond acceptors (Lipinski definition) is 0. The molecule has 0 spiro atoms. The van der Waals surface area contributed by atoms with Crippen LogP contribution in [0.1, 0.15) is 27.8 Å². The molecular weight excluding hydrogens is 408 g/mol. The van der Waals surface area contributed by atoms with Crippen molar-refractivity contribution in [3.05, 3.63) is 131 Å². The van der Waals surface area contributed by atoms with Crippen LogP contribution in [0.15, 0.2) is 103 Å². The summed E-state index contributed by atoms with van der Waals surface area (Å²) in [5.41, 5.74) is 17.2. The first-order valence-electron chi connectivity index (χ1n) is 12.1. The average Bonchev–Trinajstić information content (AvgIpc) is 3.23. The normalized spacial score (nSPS) is 11.9. The monoisotopic (exact) mass is 436 g/mol. The van der Waals surface area contributed by atoms with Crippen LogP contribution in [0.5, 0.6) is 0 Å². The van der Waals surface area contributed by atoms with E-state index in [0.717, 1.165) is 6.42 Å². The number of hydrogen-bond donors (Lipinski definition) is 0. The van der Waals surface area contributed by atoms with Crippen molar-refractivity contribution >= 4 is 0 Å². The summed E-state index contributed by atoms with van der Waals surface area (Å²) in [5.74, 6) is 0. The van der Waals surface area contributed by atoms with E-state index < -0.39 is 0 Å². The molecule has 1 aliphatic rings. The van der Waals surface area contributed by atoms with Crippen molar-refractivity contribution in [3.63, 3.8) is 0 Å². The third-order valence-corrected chi connectivity index (χ3v) is 7.15. The molecule has 0 aliphatic heterocycles. The third kappa shape index (κ3) is 3.66. The molecule has 0 heteroatoms. The molecule has 5 aromatic rings. The largest absolute Gasteiger partial charge is 0.0587 e. The maximum Gasteiger partial charge on any atom is -0.000727 e. The molecule has 0 heterocycles. The molecule has 5 aromatic carbocycles. The molecule has 0 aromatic heterocycles. The molecular formula is C34H28. The van der Waals surface area contributed by atoms with Gasteiger partial charge < -0.3 is 0 Å². The van der Waals surface area contributed by atoms with E-state index in [1.807, 2.05) is 0 Å². The van der Waals surface area contributed by atoms with Crippen LogP contribution in [0.3, 0.4) is 0 Å². The van der Waals surface area contributed by atoms with E-state index in [1.54, 1.807) is 0 Å². The van der Waals surface area contributed by atoms with Crippen molar-refractivity contribution in [1.82, 2.24) is 0 Å². The number of aryl methyl sites for hydroxylation is 3. The maximum atomic E-state index is 2.41. The lowest BCUT2D eigenvalue weighted by molar-refractivity contribution is 1.26. The van der Waals surface area contributed by atoms with Gasteiger partial charge in [-0.3, -0.25) is 0 Å². The van der Waals surface area contributed by atoms with E-state index >= 15 is 0 Å².